The molecule has 1 atom stereocenters. The highest BCUT2D eigenvalue weighted by atomic mass is 19.1. The van der Waals surface area contributed by atoms with Gasteiger partial charge < -0.3 is 20.7 Å². The number of rotatable bonds is 9. The third-order valence-electron chi connectivity index (χ3n) is 3.95. The molecule has 0 heterocycles. The standard InChI is InChI=1S/C18H27FN4O2/c1-3-20-18(22-11-10-21-17(24)14-4-5-14)23-12-16(25-2)13-6-8-15(19)9-7-13/h6-9,14,16H,3-5,10-12H2,1-2H3,(H,21,24)(H2,20,22,23). The van der Waals surface area contributed by atoms with Gasteiger partial charge in [-0.25, -0.2) is 4.39 Å². The summed E-state index contributed by atoms with van der Waals surface area (Å²) < 4.78 is 18.5. The van der Waals surface area contributed by atoms with E-state index >= 15 is 0 Å². The fraction of sp³-hybridized carbons (Fsp3) is 0.556. The Labute approximate surface area is 148 Å². The molecule has 1 saturated carbocycles. The van der Waals surface area contributed by atoms with Crippen molar-refractivity contribution in [2.24, 2.45) is 10.9 Å². The number of guanidine groups is 1. The van der Waals surface area contributed by atoms with E-state index < -0.39 is 0 Å². The molecule has 25 heavy (non-hydrogen) atoms. The number of carbonyl (C=O) groups is 1. The topological polar surface area (TPSA) is 74.8 Å². The molecule has 1 aromatic rings. The van der Waals surface area contributed by atoms with Gasteiger partial charge in [-0.1, -0.05) is 12.1 Å². The minimum absolute atomic E-state index is 0.138. The number of carbonyl (C=O) groups excluding carboxylic acids is 1. The van der Waals surface area contributed by atoms with Crippen molar-refractivity contribution in [1.82, 2.24) is 16.0 Å². The van der Waals surface area contributed by atoms with Crippen molar-refractivity contribution >= 4 is 11.9 Å². The quantitative estimate of drug-likeness (QED) is 0.359. The van der Waals surface area contributed by atoms with Gasteiger partial charge in [-0.2, -0.15) is 0 Å². The predicted octanol–water partition coefficient (Wildman–Crippen LogP) is 1.59. The monoisotopic (exact) mass is 350 g/mol. The molecule has 2 rings (SSSR count). The molecule has 1 aliphatic rings. The molecular weight excluding hydrogens is 323 g/mol. The van der Waals surface area contributed by atoms with E-state index in [4.69, 9.17) is 4.74 Å². The van der Waals surface area contributed by atoms with E-state index in [2.05, 4.69) is 20.9 Å². The summed E-state index contributed by atoms with van der Waals surface area (Å²) in [6.45, 7) is 4.28. The normalized spacial score (nSPS) is 15.6. The number of methoxy groups -OCH3 is 1. The highest BCUT2D eigenvalue weighted by molar-refractivity contribution is 5.81. The fourth-order valence-corrected chi connectivity index (χ4v) is 2.37. The number of nitrogens with zero attached hydrogens (tertiary/aromatic N) is 1. The Morgan fingerprint density at radius 1 is 1.24 bits per heavy atom. The Kier molecular flexibility index (Phi) is 7.66. The van der Waals surface area contributed by atoms with Gasteiger partial charge in [-0.05, 0) is 37.5 Å². The van der Waals surface area contributed by atoms with Crippen LogP contribution in [0.1, 0.15) is 31.4 Å². The second-order valence-corrected chi connectivity index (χ2v) is 5.99. The lowest BCUT2D eigenvalue weighted by Crippen LogP contribution is -2.42. The van der Waals surface area contributed by atoms with Gasteiger partial charge in [0, 0.05) is 32.7 Å². The number of ether oxygens (including phenoxy) is 1. The second kappa shape index (κ2) is 9.98. The lowest BCUT2D eigenvalue weighted by molar-refractivity contribution is -0.122. The number of aliphatic imine (C=N–C) groups is 1. The van der Waals surface area contributed by atoms with E-state index in [1.54, 1.807) is 19.2 Å². The molecule has 0 saturated heterocycles. The summed E-state index contributed by atoms with van der Waals surface area (Å²) in [5, 5.41) is 9.25. The molecule has 1 unspecified atom stereocenters. The summed E-state index contributed by atoms with van der Waals surface area (Å²) in [6.07, 6.45) is 1.77. The molecule has 7 heteroatoms. The molecule has 1 aliphatic carbocycles. The number of halogens is 1. The van der Waals surface area contributed by atoms with Gasteiger partial charge >= 0.3 is 0 Å². The lowest BCUT2D eigenvalue weighted by atomic mass is 10.1. The summed E-state index contributed by atoms with van der Waals surface area (Å²) in [7, 11) is 1.61. The van der Waals surface area contributed by atoms with Crippen LogP contribution in [0.25, 0.3) is 0 Å². The van der Waals surface area contributed by atoms with Gasteiger partial charge in [0.25, 0.3) is 0 Å². The zero-order chi connectivity index (χ0) is 18.1. The average molecular weight is 350 g/mol. The van der Waals surface area contributed by atoms with Crippen molar-refractivity contribution in [1.29, 1.82) is 0 Å². The van der Waals surface area contributed by atoms with Gasteiger partial charge in [0.2, 0.25) is 5.91 Å². The number of hydrogen-bond donors (Lipinski definition) is 3. The molecule has 0 bridgehead atoms. The molecule has 0 spiro atoms. The molecule has 1 amide bonds. The summed E-state index contributed by atoms with van der Waals surface area (Å²) in [5.41, 5.74) is 0.875. The van der Waals surface area contributed by atoms with Crippen molar-refractivity contribution < 1.29 is 13.9 Å². The number of amides is 1. The highest BCUT2D eigenvalue weighted by Crippen LogP contribution is 2.28. The van der Waals surface area contributed by atoms with Crippen molar-refractivity contribution in [3.63, 3.8) is 0 Å². The van der Waals surface area contributed by atoms with Crippen LogP contribution in [0.15, 0.2) is 29.3 Å². The average Bonchev–Trinajstić information content (AvgIpc) is 3.45. The smallest absolute Gasteiger partial charge is 0.223 e. The maximum Gasteiger partial charge on any atom is 0.223 e. The van der Waals surface area contributed by atoms with Crippen LogP contribution in [-0.4, -0.2) is 45.2 Å². The van der Waals surface area contributed by atoms with E-state index in [-0.39, 0.29) is 23.7 Å². The maximum absolute atomic E-state index is 13.0. The number of hydrogen-bond acceptors (Lipinski definition) is 3. The zero-order valence-corrected chi connectivity index (χ0v) is 14.8. The van der Waals surface area contributed by atoms with Gasteiger partial charge in [0.15, 0.2) is 5.96 Å². The van der Waals surface area contributed by atoms with Gasteiger partial charge in [0.1, 0.15) is 11.9 Å². The van der Waals surface area contributed by atoms with Crippen LogP contribution in [0.3, 0.4) is 0 Å². The minimum Gasteiger partial charge on any atom is -0.375 e. The maximum atomic E-state index is 13.0. The Hall–Kier alpha value is -2.15. The Morgan fingerprint density at radius 2 is 1.92 bits per heavy atom. The van der Waals surface area contributed by atoms with Crippen LogP contribution in [0.2, 0.25) is 0 Å². The first-order valence-electron chi connectivity index (χ1n) is 8.72. The van der Waals surface area contributed by atoms with E-state index in [9.17, 15) is 9.18 Å². The first kappa shape index (κ1) is 19.2. The molecule has 138 valence electrons. The molecule has 0 radical (unpaired) electrons. The molecule has 1 aromatic carbocycles. The number of benzene rings is 1. The second-order valence-electron chi connectivity index (χ2n) is 5.99. The molecule has 0 aromatic heterocycles. The predicted molar refractivity (Wildman–Crippen MR) is 95.9 cm³/mol. The van der Waals surface area contributed by atoms with E-state index in [0.29, 0.717) is 25.6 Å². The fourth-order valence-electron chi connectivity index (χ4n) is 2.37. The first-order valence-corrected chi connectivity index (χ1v) is 8.72. The largest absolute Gasteiger partial charge is 0.375 e. The molecule has 1 fully saturated rings. The first-order chi connectivity index (χ1) is 12.1. The van der Waals surface area contributed by atoms with E-state index in [0.717, 1.165) is 24.9 Å². The van der Waals surface area contributed by atoms with Crippen LogP contribution in [0, 0.1) is 11.7 Å². The van der Waals surface area contributed by atoms with E-state index in [1.165, 1.54) is 12.1 Å². The lowest BCUT2D eigenvalue weighted by Gasteiger charge is -2.16. The van der Waals surface area contributed by atoms with Gasteiger partial charge in [0.05, 0.1) is 6.54 Å². The summed E-state index contributed by atoms with van der Waals surface area (Å²) in [4.78, 5) is 16.1. The minimum atomic E-state index is -0.273. The Balaban J connectivity index is 1.81. The van der Waals surface area contributed by atoms with Crippen LogP contribution in [0.5, 0.6) is 0 Å². The van der Waals surface area contributed by atoms with Crippen LogP contribution in [0.4, 0.5) is 4.39 Å². The third-order valence-corrected chi connectivity index (χ3v) is 3.95. The summed E-state index contributed by atoms with van der Waals surface area (Å²) in [6, 6.07) is 6.23. The van der Waals surface area contributed by atoms with Crippen LogP contribution < -0.4 is 16.0 Å². The zero-order valence-electron chi connectivity index (χ0n) is 14.8. The van der Waals surface area contributed by atoms with E-state index in [1.807, 2.05) is 6.92 Å². The molecule has 6 nitrogen and oxygen atoms in total. The molecular formula is C18H27FN4O2. The summed E-state index contributed by atoms with van der Waals surface area (Å²) in [5.74, 6) is 0.747. The summed E-state index contributed by atoms with van der Waals surface area (Å²) >= 11 is 0. The van der Waals surface area contributed by atoms with Crippen LogP contribution in [-0.2, 0) is 9.53 Å². The molecule has 0 aliphatic heterocycles. The van der Waals surface area contributed by atoms with Crippen molar-refractivity contribution in [2.45, 2.75) is 25.9 Å². The van der Waals surface area contributed by atoms with Crippen molar-refractivity contribution in [3.05, 3.63) is 35.6 Å². The third kappa shape index (κ3) is 6.70. The van der Waals surface area contributed by atoms with Crippen LogP contribution >= 0.6 is 0 Å². The highest BCUT2D eigenvalue weighted by Gasteiger charge is 2.28. The van der Waals surface area contributed by atoms with Crippen molar-refractivity contribution in [3.8, 4) is 0 Å². The van der Waals surface area contributed by atoms with Gasteiger partial charge in [-0.3, -0.25) is 9.79 Å². The van der Waals surface area contributed by atoms with Gasteiger partial charge in [-0.15, -0.1) is 0 Å². The van der Waals surface area contributed by atoms with Crippen molar-refractivity contribution in [2.75, 3.05) is 33.3 Å². The SMILES string of the molecule is CCNC(=NCC(OC)c1ccc(F)cc1)NCCNC(=O)C1CC1. The molecule has 3 N–H and O–H groups in total. The Bertz CT molecular complexity index is 573. The number of nitrogens with one attached hydrogen (secondary N) is 3. The Morgan fingerprint density at radius 3 is 2.52 bits per heavy atom.